The second-order valence-electron chi connectivity index (χ2n) is 7.60. The van der Waals surface area contributed by atoms with Gasteiger partial charge in [0.15, 0.2) is 0 Å². The first-order chi connectivity index (χ1) is 15.4. The van der Waals surface area contributed by atoms with Crippen molar-refractivity contribution in [3.05, 3.63) is 111 Å². The first-order valence-electron chi connectivity index (χ1n) is 10.2. The number of fused-ring (bicyclic) bond motifs is 1. The SMILES string of the molecule is Cc1ccc(C)c(NC(=O)[C@H](OC(=O)c2cc(=O)[nH]c3ccccc23)c2ccccc2)c1. The number of amides is 1. The van der Waals surface area contributed by atoms with Gasteiger partial charge in [0.1, 0.15) is 0 Å². The lowest BCUT2D eigenvalue weighted by Gasteiger charge is -2.19. The van der Waals surface area contributed by atoms with Crippen molar-refractivity contribution in [2.24, 2.45) is 0 Å². The van der Waals surface area contributed by atoms with E-state index in [1.807, 2.05) is 38.1 Å². The van der Waals surface area contributed by atoms with Crippen LogP contribution in [0.3, 0.4) is 0 Å². The van der Waals surface area contributed by atoms with Crippen LogP contribution in [-0.2, 0) is 9.53 Å². The summed E-state index contributed by atoms with van der Waals surface area (Å²) in [6, 6.07) is 22.7. The van der Waals surface area contributed by atoms with Gasteiger partial charge in [0.25, 0.3) is 5.91 Å². The van der Waals surface area contributed by atoms with Gasteiger partial charge in [0.05, 0.1) is 5.56 Å². The Morgan fingerprint density at radius 1 is 0.906 bits per heavy atom. The third kappa shape index (κ3) is 4.44. The van der Waals surface area contributed by atoms with Crippen molar-refractivity contribution in [2.45, 2.75) is 20.0 Å². The van der Waals surface area contributed by atoms with E-state index < -0.39 is 23.5 Å². The molecule has 0 aliphatic heterocycles. The number of carbonyl (C=O) groups excluding carboxylic acids is 2. The van der Waals surface area contributed by atoms with Crippen LogP contribution in [0.4, 0.5) is 5.69 Å². The molecule has 1 heterocycles. The first-order valence-corrected chi connectivity index (χ1v) is 10.2. The first kappa shape index (κ1) is 21.1. The Morgan fingerprint density at radius 2 is 1.62 bits per heavy atom. The van der Waals surface area contributed by atoms with Crippen molar-refractivity contribution < 1.29 is 14.3 Å². The number of H-pyrrole nitrogens is 1. The lowest BCUT2D eigenvalue weighted by molar-refractivity contribution is -0.125. The molecule has 0 unspecified atom stereocenters. The summed E-state index contributed by atoms with van der Waals surface area (Å²) >= 11 is 0. The third-order valence-corrected chi connectivity index (χ3v) is 5.19. The van der Waals surface area contributed by atoms with Crippen molar-refractivity contribution in [1.82, 2.24) is 4.98 Å². The van der Waals surface area contributed by atoms with E-state index in [2.05, 4.69) is 10.3 Å². The molecule has 160 valence electrons. The van der Waals surface area contributed by atoms with Crippen LogP contribution < -0.4 is 10.9 Å². The summed E-state index contributed by atoms with van der Waals surface area (Å²) in [5.74, 6) is -1.23. The Bertz CT molecular complexity index is 1360. The zero-order valence-corrected chi connectivity index (χ0v) is 17.7. The Kier molecular flexibility index (Phi) is 5.85. The van der Waals surface area contributed by atoms with Crippen molar-refractivity contribution >= 4 is 28.5 Å². The Morgan fingerprint density at radius 3 is 2.41 bits per heavy atom. The van der Waals surface area contributed by atoms with Crippen molar-refractivity contribution in [2.75, 3.05) is 5.32 Å². The lowest BCUT2D eigenvalue weighted by Crippen LogP contribution is -2.26. The van der Waals surface area contributed by atoms with E-state index in [0.29, 0.717) is 22.2 Å². The Balaban J connectivity index is 1.69. The van der Waals surface area contributed by atoms with Gasteiger partial charge in [-0.05, 0) is 37.1 Å². The molecule has 4 rings (SSSR count). The van der Waals surface area contributed by atoms with Crippen LogP contribution in [0, 0.1) is 13.8 Å². The Hall–Kier alpha value is -4.19. The largest absolute Gasteiger partial charge is 0.444 e. The summed E-state index contributed by atoms with van der Waals surface area (Å²) in [6.07, 6.45) is -1.19. The fraction of sp³-hybridized carbons (Fsp3) is 0.115. The van der Waals surface area contributed by atoms with E-state index in [4.69, 9.17) is 4.74 Å². The summed E-state index contributed by atoms with van der Waals surface area (Å²) in [5, 5.41) is 3.41. The van der Waals surface area contributed by atoms with Crippen LogP contribution in [-0.4, -0.2) is 16.9 Å². The minimum absolute atomic E-state index is 0.102. The minimum Gasteiger partial charge on any atom is -0.444 e. The maximum absolute atomic E-state index is 13.2. The zero-order chi connectivity index (χ0) is 22.7. The fourth-order valence-electron chi connectivity index (χ4n) is 3.51. The molecule has 0 bridgehead atoms. The summed E-state index contributed by atoms with van der Waals surface area (Å²) < 4.78 is 5.69. The van der Waals surface area contributed by atoms with Gasteiger partial charge in [0, 0.05) is 28.2 Å². The van der Waals surface area contributed by atoms with Gasteiger partial charge in [-0.2, -0.15) is 0 Å². The highest BCUT2D eigenvalue weighted by Gasteiger charge is 2.27. The molecule has 0 saturated carbocycles. The summed E-state index contributed by atoms with van der Waals surface area (Å²) in [4.78, 5) is 41.1. The average Bonchev–Trinajstić information content (AvgIpc) is 2.79. The number of hydrogen-bond acceptors (Lipinski definition) is 4. The second kappa shape index (κ2) is 8.89. The van der Waals surface area contributed by atoms with Gasteiger partial charge in [-0.3, -0.25) is 9.59 Å². The van der Waals surface area contributed by atoms with Gasteiger partial charge >= 0.3 is 5.97 Å². The predicted molar refractivity (Wildman–Crippen MR) is 124 cm³/mol. The molecule has 4 aromatic rings. The predicted octanol–water partition coefficient (Wildman–Crippen LogP) is 4.68. The second-order valence-corrected chi connectivity index (χ2v) is 7.60. The Labute approximate surface area is 184 Å². The van der Waals surface area contributed by atoms with E-state index in [1.54, 1.807) is 48.5 Å². The fourth-order valence-corrected chi connectivity index (χ4v) is 3.51. The van der Waals surface area contributed by atoms with Gasteiger partial charge in [-0.25, -0.2) is 4.79 Å². The van der Waals surface area contributed by atoms with Crippen molar-refractivity contribution in [3.8, 4) is 0 Å². The number of ether oxygens (including phenoxy) is 1. The van der Waals surface area contributed by atoms with Crippen LogP contribution in [0.25, 0.3) is 10.9 Å². The zero-order valence-electron chi connectivity index (χ0n) is 17.7. The molecule has 0 aliphatic carbocycles. The van der Waals surface area contributed by atoms with Gasteiger partial charge in [-0.1, -0.05) is 60.7 Å². The molecular formula is C26H22N2O4. The highest BCUT2D eigenvalue weighted by molar-refractivity contribution is 6.05. The van der Waals surface area contributed by atoms with Gasteiger partial charge in [-0.15, -0.1) is 0 Å². The van der Waals surface area contributed by atoms with Crippen LogP contribution in [0.2, 0.25) is 0 Å². The number of esters is 1. The molecule has 0 aliphatic rings. The van der Waals surface area contributed by atoms with Crippen molar-refractivity contribution in [3.63, 3.8) is 0 Å². The number of aryl methyl sites for hydroxylation is 2. The van der Waals surface area contributed by atoms with Crippen LogP contribution in [0.15, 0.2) is 83.7 Å². The number of benzene rings is 3. The number of rotatable bonds is 5. The normalized spacial score (nSPS) is 11.7. The monoisotopic (exact) mass is 426 g/mol. The standard InChI is InChI=1S/C26H22N2O4/c1-16-12-13-17(2)22(14-16)28-25(30)24(18-8-4-3-5-9-18)32-26(31)20-15-23(29)27-21-11-7-6-10-19(20)21/h3-15,24H,1-2H3,(H,27,29)(H,28,30)/t24-/m1/s1. The smallest absolute Gasteiger partial charge is 0.340 e. The van der Waals surface area contributed by atoms with Gasteiger partial charge < -0.3 is 15.0 Å². The maximum Gasteiger partial charge on any atom is 0.340 e. The van der Waals surface area contributed by atoms with Crippen LogP contribution in [0.5, 0.6) is 0 Å². The van der Waals surface area contributed by atoms with E-state index in [1.165, 1.54) is 6.07 Å². The molecule has 1 aromatic heterocycles. The summed E-state index contributed by atoms with van der Waals surface area (Å²) in [6.45, 7) is 3.82. The molecule has 0 spiro atoms. The van der Waals surface area contributed by atoms with Crippen LogP contribution >= 0.6 is 0 Å². The molecule has 32 heavy (non-hydrogen) atoms. The molecule has 6 heteroatoms. The number of carbonyl (C=O) groups is 2. The number of nitrogens with one attached hydrogen (secondary N) is 2. The molecule has 1 atom stereocenters. The van der Waals surface area contributed by atoms with E-state index >= 15 is 0 Å². The molecule has 0 radical (unpaired) electrons. The number of aromatic nitrogens is 1. The number of para-hydroxylation sites is 1. The minimum atomic E-state index is -1.19. The topological polar surface area (TPSA) is 88.3 Å². The molecule has 0 fully saturated rings. The molecule has 1 amide bonds. The lowest BCUT2D eigenvalue weighted by atomic mass is 10.1. The quantitative estimate of drug-likeness (QED) is 0.454. The highest BCUT2D eigenvalue weighted by atomic mass is 16.5. The molecule has 2 N–H and O–H groups in total. The average molecular weight is 426 g/mol. The third-order valence-electron chi connectivity index (χ3n) is 5.19. The van der Waals surface area contributed by atoms with E-state index in [-0.39, 0.29) is 5.56 Å². The number of anilines is 1. The van der Waals surface area contributed by atoms with Crippen molar-refractivity contribution in [1.29, 1.82) is 0 Å². The highest BCUT2D eigenvalue weighted by Crippen LogP contribution is 2.25. The number of pyridine rings is 1. The number of hydrogen-bond donors (Lipinski definition) is 2. The molecule has 6 nitrogen and oxygen atoms in total. The maximum atomic E-state index is 13.2. The number of aromatic amines is 1. The summed E-state index contributed by atoms with van der Waals surface area (Å²) in [7, 11) is 0. The summed E-state index contributed by atoms with van der Waals surface area (Å²) in [5.41, 5.74) is 3.25. The molecule has 0 saturated heterocycles. The van der Waals surface area contributed by atoms with Gasteiger partial charge in [0.2, 0.25) is 11.7 Å². The molecule has 3 aromatic carbocycles. The van der Waals surface area contributed by atoms with E-state index in [9.17, 15) is 14.4 Å². The molecular weight excluding hydrogens is 404 g/mol. The van der Waals surface area contributed by atoms with Crippen LogP contribution in [0.1, 0.15) is 33.2 Å². The van der Waals surface area contributed by atoms with E-state index in [0.717, 1.165) is 11.1 Å².